The molecule has 1 aliphatic carbocycles. The molecule has 5 rings (SSSR count). The van der Waals surface area contributed by atoms with Gasteiger partial charge in [0.25, 0.3) is 0 Å². The van der Waals surface area contributed by atoms with Crippen molar-refractivity contribution in [1.29, 1.82) is 0 Å². The summed E-state index contributed by atoms with van der Waals surface area (Å²) < 4.78 is 22.9. The summed E-state index contributed by atoms with van der Waals surface area (Å²) in [5.74, 6) is -1.13. The van der Waals surface area contributed by atoms with Crippen LogP contribution in [0.5, 0.6) is 5.75 Å². The summed E-state index contributed by atoms with van der Waals surface area (Å²) in [6.07, 6.45) is 5.36. The van der Waals surface area contributed by atoms with Gasteiger partial charge in [-0.05, 0) is 51.1 Å². The zero-order valence-corrected chi connectivity index (χ0v) is 17.2. The number of aromatic carboxylic acids is 1. The van der Waals surface area contributed by atoms with Crippen LogP contribution in [0.25, 0.3) is 10.9 Å². The lowest BCUT2D eigenvalue weighted by Gasteiger charge is -2.36. The molecule has 2 unspecified atom stereocenters. The molecule has 0 radical (unpaired) electrons. The van der Waals surface area contributed by atoms with E-state index in [0.717, 1.165) is 32.2 Å². The Hall–Kier alpha value is -2.61. The molecule has 2 N–H and O–H groups in total. The minimum atomic E-state index is -1.30. The van der Waals surface area contributed by atoms with Gasteiger partial charge < -0.3 is 24.6 Å². The number of rotatable bonds is 4. The quantitative estimate of drug-likeness (QED) is 0.799. The lowest BCUT2D eigenvalue weighted by atomic mass is 9.82. The van der Waals surface area contributed by atoms with Gasteiger partial charge >= 0.3 is 5.97 Å². The van der Waals surface area contributed by atoms with Crippen LogP contribution < -0.4 is 20.4 Å². The fraction of sp³-hybridized carbons (Fsp3) is 0.545. The van der Waals surface area contributed by atoms with Crippen LogP contribution in [0.3, 0.4) is 0 Å². The van der Waals surface area contributed by atoms with Crippen LogP contribution in [0.1, 0.15) is 49.0 Å². The van der Waals surface area contributed by atoms with Gasteiger partial charge in [0.05, 0.1) is 18.0 Å². The molecular weight excluding hydrogens is 389 g/mol. The first kappa shape index (κ1) is 19.4. The summed E-state index contributed by atoms with van der Waals surface area (Å²) >= 11 is 0. The summed E-state index contributed by atoms with van der Waals surface area (Å²) in [6, 6.07) is 1.29. The monoisotopic (exact) mass is 415 g/mol. The maximum absolute atomic E-state index is 15.4. The number of hydrogen-bond donors (Lipinski definition) is 2. The molecule has 2 aromatic rings. The first-order valence-electron chi connectivity index (χ1n) is 10.5. The Morgan fingerprint density at radius 1 is 1.37 bits per heavy atom. The zero-order valence-electron chi connectivity index (χ0n) is 17.2. The standard InChI is InChI=1S/C22H26FN3O4/c1-22-11-25(9-12(22)4-3-7-24-22)18-16(23)8-14-17(20(18)30-2)26(13-5-6-13)10-15(19(14)27)21(28)29/h8,10,12-13,24H,3-7,9,11H2,1-2H3,(H,28,29). The number of aromatic nitrogens is 1. The van der Waals surface area contributed by atoms with Crippen molar-refractivity contribution in [3.05, 3.63) is 33.9 Å². The van der Waals surface area contributed by atoms with Gasteiger partial charge in [0.2, 0.25) is 5.43 Å². The number of halogens is 1. The van der Waals surface area contributed by atoms with Crippen molar-refractivity contribution < 1.29 is 19.0 Å². The summed E-state index contributed by atoms with van der Waals surface area (Å²) in [7, 11) is 1.48. The number of anilines is 1. The molecule has 2 aliphatic heterocycles. The molecule has 2 atom stereocenters. The number of carboxylic acid groups (broad SMARTS) is 1. The Morgan fingerprint density at radius 2 is 2.13 bits per heavy atom. The lowest BCUT2D eigenvalue weighted by molar-refractivity contribution is 0.0695. The summed E-state index contributed by atoms with van der Waals surface area (Å²) in [5, 5.41) is 13.1. The molecule has 1 saturated carbocycles. The molecule has 0 amide bonds. The van der Waals surface area contributed by atoms with Crippen molar-refractivity contribution in [1.82, 2.24) is 9.88 Å². The largest absolute Gasteiger partial charge is 0.492 e. The van der Waals surface area contributed by atoms with Crippen LogP contribution in [0.2, 0.25) is 0 Å². The molecule has 3 aliphatic rings. The highest BCUT2D eigenvalue weighted by Crippen LogP contribution is 2.46. The van der Waals surface area contributed by atoms with E-state index in [-0.39, 0.29) is 22.5 Å². The lowest BCUT2D eigenvalue weighted by Crippen LogP contribution is -2.52. The van der Waals surface area contributed by atoms with E-state index in [0.29, 0.717) is 36.0 Å². The van der Waals surface area contributed by atoms with E-state index in [9.17, 15) is 14.7 Å². The fourth-order valence-electron chi connectivity index (χ4n) is 5.28. The number of pyridine rings is 1. The Balaban J connectivity index is 1.74. The third-order valence-electron chi connectivity index (χ3n) is 7.01. The minimum absolute atomic E-state index is 0.0563. The van der Waals surface area contributed by atoms with Crippen molar-refractivity contribution in [2.24, 2.45) is 5.92 Å². The number of ether oxygens (including phenoxy) is 1. The van der Waals surface area contributed by atoms with E-state index in [1.165, 1.54) is 19.4 Å². The number of piperidine rings is 1. The molecule has 30 heavy (non-hydrogen) atoms. The third kappa shape index (κ3) is 2.80. The van der Waals surface area contributed by atoms with Gasteiger partial charge in [-0.3, -0.25) is 4.79 Å². The molecule has 2 saturated heterocycles. The van der Waals surface area contributed by atoms with Gasteiger partial charge in [-0.2, -0.15) is 0 Å². The molecule has 160 valence electrons. The maximum atomic E-state index is 15.4. The summed E-state index contributed by atoms with van der Waals surface area (Å²) in [6.45, 7) is 4.50. The third-order valence-corrected chi connectivity index (χ3v) is 7.01. The van der Waals surface area contributed by atoms with Crippen LogP contribution in [0.15, 0.2) is 17.1 Å². The number of hydrogen-bond acceptors (Lipinski definition) is 5. The number of fused-ring (bicyclic) bond motifs is 2. The Kier molecular flexibility index (Phi) is 4.32. The van der Waals surface area contributed by atoms with Crippen molar-refractivity contribution in [2.45, 2.75) is 44.2 Å². The molecule has 0 spiro atoms. The predicted octanol–water partition coefficient (Wildman–Crippen LogP) is 2.76. The summed E-state index contributed by atoms with van der Waals surface area (Å²) in [5.41, 5.74) is -0.262. The van der Waals surface area contributed by atoms with Crippen molar-refractivity contribution >= 4 is 22.6 Å². The molecule has 3 fully saturated rings. The maximum Gasteiger partial charge on any atom is 0.341 e. The van der Waals surface area contributed by atoms with Crippen molar-refractivity contribution in [3.8, 4) is 5.75 Å². The van der Waals surface area contributed by atoms with E-state index in [2.05, 4.69) is 12.2 Å². The number of benzene rings is 1. The molecule has 1 aromatic heterocycles. The highest BCUT2D eigenvalue weighted by molar-refractivity contribution is 5.97. The van der Waals surface area contributed by atoms with Crippen molar-refractivity contribution in [3.63, 3.8) is 0 Å². The number of carboxylic acids is 1. The Morgan fingerprint density at radius 3 is 2.77 bits per heavy atom. The van der Waals surface area contributed by atoms with E-state index in [1.807, 2.05) is 4.90 Å². The highest BCUT2D eigenvalue weighted by atomic mass is 19.1. The fourth-order valence-corrected chi connectivity index (χ4v) is 5.28. The molecule has 0 bridgehead atoms. The zero-order chi connectivity index (χ0) is 21.2. The topological polar surface area (TPSA) is 83.8 Å². The minimum Gasteiger partial charge on any atom is -0.492 e. The van der Waals surface area contributed by atoms with E-state index >= 15 is 4.39 Å². The van der Waals surface area contributed by atoms with E-state index in [4.69, 9.17) is 4.74 Å². The van der Waals surface area contributed by atoms with Crippen LogP contribution in [-0.2, 0) is 0 Å². The average molecular weight is 415 g/mol. The predicted molar refractivity (Wildman–Crippen MR) is 111 cm³/mol. The number of methoxy groups -OCH3 is 1. The summed E-state index contributed by atoms with van der Waals surface area (Å²) in [4.78, 5) is 26.5. The first-order valence-corrected chi connectivity index (χ1v) is 10.5. The van der Waals surface area contributed by atoms with Crippen molar-refractivity contribution in [2.75, 3.05) is 31.6 Å². The van der Waals surface area contributed by atoms with Crippen LogP contribution in [0.4, 0.5) is 10.1 Å². The molecule has 3 heterocycles. The molecular formula is C22H26FN3O4. The second kappa shape index (κ2) is 6.70. The number of nitrogens with one attached hydrogen (secondary N) is 1. The first-order chi connectivity index (χ1) is 14.3. The van der Waals surface area contributed by atoms with Gasteiger partial charge in [-0.15, -0.1) is 0 Å². The average Bonchev–Trinajstić information content (AvgIpc) is 3.48. The second-order valence-electron chi connectivity index (χ2n) is 9.02. The molecule has 8 heteroatoms. The van der Waals surface area contributed by atoms with Gasteiger partial charge in [-0.1, -0.05) is 0 Å². The van der Waals surface area contributed by atoms with Crippen LogP contribution in [-0.4, -0.2) is 47.9 Å². The van der Waals surface area contributed by atoms with Gasteiger partial charge in [-0.25, -0.2) is 9.18 Å². The van der Waals surface area contributed by atoms with Crippen LogP contribution in [0, 0.1) is 11.7 Å². The smallest absolute Gasteiger partial charge is 0.341 e. The molecule has 1 aromatic carbocycles. The second-order valence-corrected chi connectivity index (χ2v) is 9.02. The molecule has 7 nitrogen and oxygen atoms in total. The highest BCUT2D eigenvalue weighted by Gasteiger charge is 2.45. The number of nitrogens with zero attached hydrogens (tertiary/aromatic N) is 2. The Labute approximate surface area is 173 Å². The normalized spacial score (nSPS) is 26.1. The SMILES string of the molecule is COc1c(N2CC3CCCNC3(C)C2)c(F)cc2c(=O)c(C(=O)O)cn(C3CC3)c12. The van der Waals surface area contributed by atoms with E-state index < -0.39 is 17.2 Å². The van der Waals surface area contributed by atoms with Gasteiger partial charge in [0.15, 0.2) is 11.6 Å². The van der Waals surface area contributed by atoms with Crippen LogP contribution >= 0.6 is 0 Å². The Bertz CT molecular complexity index is 1110. The van der Waals surface area contributed by atoms with E-state index in [1.54, 1.807) is 4.57 Å². The van der Waals surface area contributed by atoms with Gasteiger partial charge in [0, 0.05) is 30.9 Å². The number of carbonyl (C=O) groups is 1. The van der Waals surface area contributed by atoms with Gasteiger partial charge in [0.1, 0.15) is 11.3 Å².